The average Bonchev–Trinajstić information content (AvgIpc) is 3.48. The van der Waals surface area contributed by atoms with Crippen molar-refractivity contribution in [2.45, 2.75) is 124 Å². The number of hydrogen-bond acceptors (Lipinski definition) is 2. The molecule has 0 fully saturated rings. The van der Waals surface area contributed by atoms with E-state index in [-0.39, 0.29) is 33.9 Å². The van der Waals surface area contributed by atoms with E-state index in [9.17, 15) is 0 Å². The van der Waals surface area contributed by atoms with Gasteiger partial charge >= 0.3 is 6.85 Å². The minimum absolute atomic E-state index is 0.0266. The maximum atomic E-state index is 2.71. The van der Waals surface area contributed by atoms with Gasteiger partial charge in [-0.2, -0.15) is 0 Å². The molecule has 1 aliphatic carbocycles. The standard InChI is InChI=1S/C61H65BN2/c1-57(2,3)39-24-28-43(29-25-39)64-52-36-41(59(7,8)9)26-30-44(52)47-35-42(60(10,11)12)37-53-55(47)62(64)50-32-31-49-54(45-22-18-19-23-48(45)61(49,13)14)56(50)63(53)51-33-27-40(58(4,5)6)34-46(51)38-20-16-15-17-21-38/h15-37H,1-14H3. The molecule has 10 rings (SSSR count). The smallest absolute Gasteiger partial charge is 0.333 e. The zero-order valence-electron chi connectivity index (χ0n) is 40.8. The van der Waals surface area contributed by atoms with Crippen molar-refractivity contribution in [3.05, 3.63) is 173 Å². The van der Waals surface area contributed by atoms with Gasteiger partial charge in [0.15, 0.2) is 0 Å². The summed E-state index contributed by atoms with van der Waals surface area (Å²) < 4.78 is 0. The second-order valence-corrected chi connectivity index (χ2v) is 23.5. The van der Waals surface area contributed by atoms with Crippen molar-refractivity contribution in [2.24, 2.45) is 0 Å². The molecule has 7 aromatic carbocycles. The zero-order valence-corrected chi connectivity index (χ0v) is 40.8. The van der Waals surface area contributed by atoms with Crippen LogP contribution in [0.5, 0.6) is 0 Å². The maximum Gasteiger partial charge on any atom is 0.333 e. The van der Waals surface area contributed by atoms with Gasteiger partial charge in [0.1, 0.15) is 0 Å². The first-order valence-corrected chi connectivity index (χ1v) is 23.6. The molecule has 64 heavy (non-hydrogen) atoms. The molecule has 0 bridgehead atoms. The monoisotopic (exact) mass is 837 g/mol. The van der Waals surface area contributed by atoms with E-state index in [1.165, 1.54) is 106 Å². The minimum Gasteiger partial charge on any atom is -0.376 e. The molecule has 0 saturated carbocycles. The molecule has 0 radical (unpaired) electrons. The third-order valence-corrected chi connectivity index (χ3v) is 14.7. The summed E-state index contributed by atoms with van der Waals surface area (Å²) in [6.07, 6.45) is 0. The van der Waals surface area contributed by atoms with Crippen LogP contribution in [0.3, 0.4) is 0 Å². The summed E-state index contributed by atoms with van der Waals surface area (Å²) in [6.45, 7) is 32.8. The van der Waals surface area contributed by atoms with Crippen LogP contribution in [0.15, 0.2) is 140 Å². The fourth-order valence-electron chi connectivity index (χ4n) is 10.8. The lowest BCUT2D eigenvalue weighted by Gasteiger charge is -2.47. The highest BCUT2D eigenvalue weighted by atomic mass is 15.2. The fourth-order valence-corrected chi connectivity index (χ4v) is 10.8. The third-order valence-electron chi connectivity index (χ3n) is 14.7. The molecule has 0 aromatic heterocycles. The van der Waals surface area contributed by atoms with Crippen LogP contribution in [-0.4, -0.2) is 6.85 Å². The van der Waals surface area contributed by atoms with Crippen molar-refractivity contribution in [1.82, 2.24) is 0 Å². The first-order valence-electron chi connectivity index (χ1n) is 23.6. The first kappa shape index (κ1) is 42.2. The highest BCUT2D eigenvalue weighted by Gasteiger charge is 2.49. The highest BCUT2D eigenvalue weighted by molar-refractivity contribution is 6.93. The summed E-state index contributed by atoms with van der Waals surface area (Å²) in [4.78, 5) is 5.41. The van der Waals surface area contributed by atoms with Crippen LogP contribution in [0.25, 0.3) is 33.4 Å². The molecule has 0 saturated heterocycles. The predicted octanol–water partition coefficient (Wildman–Crippen LogP) is 15.6. The van der Waals surface area contributed by atoms with E-state index >= 15 is 0 Å². The van der Waals surface area contributed by atoms with Gasteiger partial charge in [0.05, 0.1) is 11.4 Å². The Morgan fingerprint density at radius 2 is 0.984 bits per heavy atom. The molecule has 0 unspecified atom stereocenters. The first-order chi connectivity index (χ1) is 30.0. The number of hydrogen-bond donors (Lipinski definition) is 0. The lowest BCUT2D eigenvalue weighted by molar-refractivity contribution is 0.589. The van der Waals surface area contributed by atoms with Crippen molar-refractivity contribution in [3.8, 4) is 33.4 Å². The van der Waals surface area contributed by atoms with E-state index in [0.29, 0.717) is 0 Å². The molecule has 0 N–H and O–H groups in total. The Morgan fingerprint density at radius 1 is 0.422 bits per heavy atom. The lowest BCUT2D eigenvalue weighted by Crippen LogP contribution is -2.62. The van der Waals surface area contributed by atoms with Crippen LogP contribution in [0, 0.1) is 0 Å². The van der Waals surface area contributed by atoms with Crippen LogP contribution < -0.4 is 20.6 Å². The van der Waals surface area contributed by atoms with Gasteiger partial charge in [0.25, 0.3) is 0 Å². The van der Waals surface area contributed by atoms with Gasteiger partial charge < -0.3 is 9.71 Å². The van der Waals surface area contributed by atoms with Crippen LogP contribution in [0.1, 0.15) is 130 Å². The predicted molar refractivity (Wildman–Crippen MR) is 278 cm³/mol. The SMILES string of the molecule is CC(C)(C)c1ccc(N2B3c4ccc5c(c4N(c4ccc(C(C)(C)C)cc4-c4ccccc4)c4cc(C(C)(C)C)cc(c43)-c3ccc(C(C)(C)C)cc32)-c2ccccc2C5(C)C)cc1. The number of fused-ring (bicyclic) bond motifs is 8. The van der Waals surface area contributed by atoms with E-state index in [4.69, 9.17) is 0 Å². The summed E-state index contributed by atoms with van der Waals surface area (Å²) in [5, 5.41) is 0. The average molecular weight is 837 g/mol. The molecule has 2 nitrogen and oxygen atoms in total. The van der Waals surface area contributed by atoms with Gasteiger partial charge in [-0.3, -0.25) is 0 Å². The number of nitrogens with zero attached hydrogens (tertiary/aromatic N) is 2. The normalized spacial score (nSPS) is 15.1. The Hall–Kier alpha value is -5.80. The third kappa shape index (κ3) is 6.51. The summed E-state index contributed by atoms with van der Waals surface area (Å²) >= 11 is 0. The molecule has 3 aliphatic rings. The van der Waals surface area contributed by atoms with Crippen molar-refractivity contribution in [1.29, 1.82) is 0 Å². The maximum absolute atomic E-state index is 2.71. The topological polar surface area (TPSA) is 6.48 Å². The van der Waals surface area contributed by atoms with Crippen LogP contribution >= 0.6 is 0 Å². The molecular weight excluding hydrogens is 771 g/mol. The molecule has 2 heterocycles. The fraction of sp³-hybridized carbons (Fsp3) is 0.311. The van der Waals surface area contributed by atoms with Gasteiger partial charge in [0, 0.05) is 39.2 Å². The Labute approximate surface area is 384 Å². The van der Waals surface area contributed by atoms with Gasteiger partial charge in [-0.15, -0.1) is 0 Å². The molecular formula is C61H65BN2. The van der Waals surface area contributed by atoms with Crippen LogP contribution in [0.2, 0.25) is 0 Å². The van der Waals surface area contributed by atoms with Crippen LogP contribution in [0.4, 0.5) is 28.4 Å². The molecule has 3 heteroatoms. The molecule has 322 valence electrons. The Morgan fingerprint density at radius 3 is 1.64 bits per heavy atom. The molecule has 0 spiro atoms. The van der Waals surface area contributed by atoms with Crippen molar-refractivity contribution >= 4 is 46.2 Å². The summed E-state index contributed by atoms with van der Waals surface area (Å²) in [7, 11) is 0. The van der Waals surface area contributed by atoms with Crippen molar-refractivity contribution in [2.75, 3.05) is 9.71 Å². The zero-order chi connectivity index (χ0) is 45.5. The van der Waals surface area contributed by atoms with Crippen LogP contribution in [-0.2, 0) is 27.1 Å². The van der Waals surface area contributed by atoms with Gasteiger partial charge in [-0.1, -0.05) is 200 Å². The molecule has 0 amide bonds. The summed E-state index contributed by atoms with van der Waals surface area (Å²) in [5.74, 6) is 0. The lowest BCUT2D eigenvalue weighted by atomic mass is 9.43. The number of rotatable bonds is 3. The molecule has 7 aromatic rings. The number of benzene rings is 7. The number of anilines is 5. The van der Waals surface area contributed by atoms with E-state index in [0.717, 1.165) is 0 Å². The largest absolute Gasteiger partial charge is 0.376 e. The quantitative estimate of drug-likeness (QED) is 0.164. The highest BCUT2D eigenvalue weighted by Crippen LogP contribution is 2.57. The van der Waals surface area contributed by atoms with Gasteiger partial charge in [-0.25, -0.2) is 0 Å². The van der Waals surface area contributed by atoms with E-state index in [2.05, 4.69) is 246 Å². The second-order valence-electron chi connectivity index (χ2n) is 23.5. The van der Waals surface area contributed by atoms with E-state index in [1.807, 2.05) is 0 Å². The molecule has 2 aliphatic heterocycles. The summed E-state index contributed by atoms with van der Waals surface area (Å²) in [5.41, 5.74) is 24.5. The van der Waals surface area contributed by atoms with Crippen molar-refractivity contribution in [3.63, 3.8) is 0 Å². The Bertz CT molecular complexity index is 3000. The summed E-state index contributed by atoms with van der Waals surface area (Å²) in [6, 6.07) is 54.5. The Kier molecular flexibility index (Phi) is 9.29. The van der Waals surface area contributed by atoms with E-state index in [1.54, 1.807) is 0 Å². The molecule has 0 atom stereocenters. The van der Waals surface area contributed by atoms with E-state index < -0.39 is 0 Å². The van der Waals surface area contributed by atoms with Gasteiger partial charge in [-0.05, 0) is 119 Å². The Balaban J connectivity index is 1.40. The van der Waals surface area contributed by atoms with Crippen molar-refractivity contribution < 1.29 is 0 Å². The van der Waals surface area contributed by atoms with Gasteiger partial charge in [0.2, 0.25) is 0 Å². The second kappa shape index (κ2) is 14.1. The minimum atomic E-state index is -0.174.